The summed E-state index contributed by atoms with van der Waals surface area (Å²) in [5.74, 6) is 1.06. The topological polar surface area (TPSA) is 72.8 Å². The van der Waals surface area contributed by atoms with Gasteiger partial charge in [0.15, 0.2) is 5.82 Å². The van der Waals surface area contributed by atoms with Crippen LogP contribution in [0.25, 0.3) is 22.3 Å². The molecule has 0 fully saturated rings. The first kappa shape index (κ1) is 18.7. The van der Waals surface area contributed by atoms with Crippen molar-refractivity contribution in [3.63, 3.8) is 0 Å². The van der Waals surface area contributed by atoms with Gasteiger partial charge in [0.1, 0.15) is 17.4 Å². The molecule has 1 N–H and O–H groups in total. The highest BCUT2D eigenvalue weighted by Crippen LogP contribution is 2.30. The van der Waals surface area contributed by atoms with E-state index in [4.69, 9.17) is 4.74 Å². The van der Waals surface area contributed by atoms with Crippen LogP contribution in [0.4, 0.5) is 20.3 Å². The van der Waals surface area contributed by atoms with Crippen molar-refractivity contribution in [2.24, 2.45) is 0 Å². The highest BCUT2D eigenvalue weighted by Gasteiger charge is 2.12. The Balaban J connectivity index is 1.79. The second kappa shape index (κ2) is 8.55. The average molecular weight is 393 g/mol. The molecule has 4 aromatic rings. The Morgan fingerprint density at radius 3 is 2.72 bits per heavy atom. The first-order chi connectivity index (χ1) is 14.2. The second-order valence-electron chi connectivity index (χ2n) is 6.22. The van der Waals surface area contributed by atoms with Gasteiger partial charge < -0.3 is 10.1 Å². The number of ether oxygens (including phenoxy) is 1. The summed E-state index contributed by atoms with van der Waals surface area (Å²) < 4.78 is 31.5. The Kier molecular flexibility index (Phi) is 5.51. The molecule has 0 spiro atoms. The molecule has 0 atom stereocenters. The summed E-state index contributed by atoms with van der Waals surface area (Å²) >= 11 is 0. The third kappa shape index (κ3) is 4.43. The third-order valence-corrected chi connectivity index (χ3v) is 4.10. The Hall–Kier alpha value is -3.68. The SMILES string of the molecule is FCCCOc1ccc2nc(-c3cccnc3)nc(Nc3cncc(F)c3)c2c1. The Bertz CT molecular complexity index is 1120. The van der Waals surface area contributed by atoms with E-state index in [9.17, 15) is 8.78 Å². The van der Waals surface area contributed by atoms with Crippen LogP contribution in [0.5, 0.6) is 5.75 Å². The minimum atomic E-state index is -0.462. The quantitative estimate of drug-likeness (QED) is 0.459. The maximum atomic E-state index is 13.6. The van der Waals surface area contributed by atoms with E-state index in [1.165, 1.54) is 12.3 Å². The highest BCUT2D eigenvalue weighted by molar-refractivity contribution is 5.93. The summed E-state index contributed by atoms with van der Waals surface area (Å²) in [6.45, 7) is -0.169. The maximum Gasteiger partial charge on any atom is 0.163 e. The number of nitrogens with one attached hydrogen (secondary N) is 1. The zero-order valence-corrected chi connectivity index (χ0v) is 15.3. The van der Waals surface area contributed by atoms with Gasteiger partial charge in [-0.15, -0.1) is 0 Å². The zero-order chi connectivity index (χ0) is 20.1. The minimum Gasteiger partial charge on any atom is -0.493 e. The summed E-state index contributed by atoms with van der Waals surface area (Å²) in [5, 5.41) is 3.78. The van der Waals surface area contributed by atoms with Gasteiger partial charge in [-0.3, -0.25) is 14.4 Å². The Labute approximate surface area is 165 Å². The molecular formula is C21H17F2N5O. The summed E-state index contributed by atoms with van der Waals surface area (Å²) in [7, 11) is 0. The van der Waals surface area contributed by atoms with Gasteiger partial charge in [0.2, 0.25) is 0 Å². The summed E-state index contributed by atoms with van der Waals surface area (Å²) in [5.41, 5.74) is 1.87. The lowest BCUT2D eigenvalue weighted by Gasteiger charge is -2.12. The standard InChI is InChI=1S/C21H17F2N5O/c22-6-2-8-29-17-4-5-19-18(10-17)21(26-16-9-15(23)12-25-13-16)28-20(27-19)14-3-1-7-24-11-14/h1,3-5,7,9-13H,2,6,8H2,(H,26,27,28). The molecule has 3 aromatic heterocycles. The lowest BCUT2D eigenvalue weighted by Crippen LogP contribution is -2.02. The molecule has 0 aliphatic rings. The number of alkyl halides is 1. The number of halogens is 2. The van der Waals surface area contributed by atoms with Crippen LogP contribution in [0.1, 0.15) is 6.42 Å². The van der Waals surface area contributed by atoms with Crippen LogP contribution in [0.2, 0.25) is 0 Å². The number of hydrogen-bond donors (Lipinski definition) is 1. The monoisotopic (exact) mass is 393 g/mol. The Morgan fingerprint density at radius 2 is 1.93 bits per heavy atom. The van der Waals surface area contributed by atoms with Crippen molar-refractivity contribution in [2.75, 3.05) is 18.6 Å². The molecule has 146 valence electrons. The fourth-order valence-electron chi connectivity index (χ4n) is 2.78. The Morgan fingerprint density at radius 1 is 1.00 bits per heavy atom. The number of pyridine rings is 2. The average Bonchev–Trinajstić information content (AvgIpc) is 2.75. The minimum absolute atomic E-state index is 0.271. The van der Waals surface area contributed by atoms with Crippen LogP contribution in [-0.2, 0) is 0 Å². The van der Waals surface area contributed by atoms with Crippen LogP contribution >= 0.6 is 0 Å². The first-order valence-electron chi connectivity index (χ1n) is 9.01. The van der Waals surface area contributed by atoms with Crippen LogP contribution in [0, 0.1) is 5.82 Å². The van der Waals surface area contributed by atoms with E-state index in [2.05, 4.69) is 25.3 Å². The zero-order valence-electron chi connectivity index (χ0n) is 15.3. The molecule has 4 rings (SSSR count). The molecule has 0 amide bonds. The van der Waals surface area contributed by atoms with Gasteiger partial charge in [0, 0.05) is 35.8 Å². The fourth-order valence-corrected chi connectivity index (χ4v) is 2.78. The van der Waals surface area contributed by atoms with Gasteiger partial charge in [-0.1, -0.05) is 0 Å². The van der Waals surface area contributed by atoms with Crippen molar-refractivity contribution in [2.45, 2.75) is 6.42 Å². The van der Waals surface area contributed by atoms with Crippen molar-refractivity contribution in [1.82, 2.24) is 19.9 Å². The maximum absolute atomic E-state index is 13.6. The molecule has 0 saturated carbocycles. The van der Waals surface area contributed by atoms with Crippen LogP contribution in [0.15, 0.2) is 61.2 Å². The van der Waals surface area contributed by atoms with E-state index in [-0.39, 0.29) is 6.61 Å². The van der Waals surface area contributed by atoms with E-state index in [0.29, 0.717) is 40.4 Å². The second-order valence-corrected chi connectivity index (χ2v) is 6.22. The van der Waals surface area contributed by atoms with Gasteiger partial charge in [0.25, 0.3) is 0 Å². The van der Waals surface area contributed by atoms with E-state index in [1.807, 2.05) is 6.07 Å². The lowest BCUT2D eigenvalue weighted by molar-refractivity contribution is 0.290. The molecule has 0 radical (unpaired) electrons. The molecule has 29 heavy (non-hydrogen) atoms. The summed E-state index contributed by atoms with van der Waals surface area (Å²) in [6.07, 6.45) is 6.28. The molecule has 0 unspecified atom stereocenters. The number of anilines is 2. The molecule has 0 aliphatic heterocycles. The van der Waals surface area contributed by atoms with E-state index in [1.54, 1.807) is 36.7 Å². The number of aromatic nitrogens is 4. The van der Waals surface area contributed by atoms with Crippen LogP contribution in [-0.4, -0.2) is 33.2 Å². The van der Waals surface area contributed by atoms with Crippen molar-refractivity contribution in [3.05, 3.63) is 67.0 Å². The molecule has 0 aliphatic carbocycles. The van der Waals surface area contributed by atoms with Gasteiger partial charge >= 0.3 is 0 Å². The highest BCUT2D eigenvalue weighted by atomic mass is 19.1. The molecule has 8 heteroatoms. The van der Waals surface area contributed by atoms with E-state index in [0.717, 1.165) is 11.8 Å². The van der Waals surface area contributed by atoms with Crippen molar-refractivity contribution < 1.29 is 13.5 Å². The smallest absolute Gasteiger partial charge is 0.163 e. The predicted molar refractivity (Wildman–Crippen MR) is 106 cm³/mol. The van der Waals surface area contributed by atoms with Crippen molar-refractivity contribution in [1.29, 1.82) is 0 Å². The number of fused-ring (bicyclic) bond motifs is 1. The van der Waals surface area contributed by atoms with Gasteiger partial charge in [-0.25, -0.2) is 14.4 Å². The number of hydrogen-bond acceptors (Lipinski definition) is 6. The first-order valence-corrected chi connectivity index (χ1v) is 9.01. The van der Waals surface area contributed by atoms with E-state index >= 15 is 0 Å². The number of nitrogens with zero attached hydrogens (tertiary/aromatic N) is 4. The molecule has 1 aromatic carbocycles. The normalized spacial score (nSPS) is 10.8. The van der Waals surface area contributed by atoms with Gasteiger partial charge in [-0.2, -0.15) is 0 Å². The molecule has 0 saturated heterocycles. The third-order valence-electron chi connectivity index (χ3n) is 4.10. The lowest BCUT2D eigenvalue weighted by atomic mass is 10.2. The van der Waals surface area contributed by atoms with Crippen molar-refractivity contribution >= 4 is 22.4 Å². The largest absolute Gasteiger partial charge is 0.493 e. The predicted octanol–water partition coefficient (Wildman–Crippen LogP) is 4.71. The van der Waals surface area contributed by atoms with Crippen LogP contribution < -0.4 is 10.1 Å². The number of benzene rings is 1. The van der Waals surface area contributed by atoms with Gasteiger partial charge in [0.05, 0.1) is 36.9 Å². The molecule has 6 nitrogen and oxygen atoms in total. The number of rotatable bonds is 7. The summed E-state index contributed by atoms with van der Waals surface area (Å²) in [6, 6.07) is 10.3. The molecule has 3 heterocycles. The van der Waals surface area contributed by atoms with Crippen LogP contribution in [0.3, 0.4) is 0 Å². The van der Waals surface area contributed by atoms with Crippen molar-refractivity contribution in [3.8, 4) is 17.1 Å². The molecule has 0 bridgehead atoms. The summed E-state index contributed by atoms with van der Waals surface area (Å²) in [4.78, 5) is 17.2. The fraction of sp³-hybridized carbons (Fsp3) is 0.143. The van der Waals surface area contributed by atoms with E-state index < -0.39 is 12.5 Å². The van der Waals surface area contributed by atoms with Gasteiger partial charge in [-0.05, 0) is 30.3 Å². The molecular weight excluding hydrogens is 376 g/mol.